The first-order valence-electron chi connectivity index (χ1n) is 15.2. The van der Waals surface area contributed by atoms with Crippen LogP contribution in [0.5, 0.6) is 0 Å². The standard InChI is InChI=1S/C36H37NO8S/c38-23-32-33(39)34(43-24-26-12-4-1-5-13-26)35(44-25-27-14-6-2-7-15-27)36(45-32)42-21-20-28-22-37(31-19-11-10-18-30(28)31)46(40,41)29-16-8-3-9-17-29/h1-19,22,32-36,38-39H,20-21,23-25H2/t32-,33-,34+,35-,36-/m1/s1. The van der Waals surface area contributed by atoms with Crippen LogP contribution < -0.4 is 0 Å². The minimum Gasteiger partial charge on any atom is -0.394 e. The predicted molar refractivity (Wildman–Crippen MR) is 172 cm³/mol. The van der Waals surface area contributed by atoms with Gasteiger partial charge < -0.3 is 29.2 Å². The first-order chi connectivity index (χ1) is 22.5. The van der Waals surface area contributed by atoms with Crippen LogP contribution in [0.25, 0.3) is 10.9 Å². The smallest absolute Gasteiger partial charge is 0.268 e. The molecule has 6 rings (SSSR count). The van der Waals surface area contributed by atoms with Crippen molar-refractivity contribution in [3.05, 3.63) is 138 Å². The van der Waals surface area contributed by atoms with Crippen molar-refractivity contribution in [2.45, 2.75) is 55.2 Å². The van der Waals surface area contributed by atoms with Crippen molar-refractivity contribution in [3.63, 3.8) is 0 Å². The predicted octanol–water partition coefficient (Wildman–Crippen LogP) is 4.69. The summed E-state index contributed by atoms with van der Waals surface area (Å²) in [6.07, 6.45) is -2.81. The first-order valence-corrected chi connectivity index (χ1v) is 16.7. The SMILES string of the molecule is O=S(=O)(c1ccccc1)n1cc(CCO[C@@H]2O[C@H](CO)[C@@H](O)[C@H](OCc3ccccc3)[C@H]2OCc2ccccc2)c2ccccc21. The summed E-state index contributed by atoms with van der Waals surface area (Å²) in [6.45, 7) is 0.145. The number of rotatable bonds is 13. The topological polar surface area (TPSA) is 116 Å². The van der Waals surface area contributed by atoms with Gasteiger partial charge in [-0.05, 0) is 41.3 Å². The van der Waals surface area contributed by atoms with E-state index in [4.69, 9.17) is 18.9 Å². The third-order valence-electron chi connectivity index (χ3n) is 8.08. The number of nitrogens with zero attached hydrogens (tertiary/aromatic N) is 1. The molecule has 0 spiro atoms. The van der Waals surface area contributed by atoms with Crippen LogP contribution in [0, 0.1) is 0 Å². The number of aliphatic hydroxyl groups excluding tert-OH is 2. The summed E-state index contributed by atoms with van der Waals surface area (Å²) in [4.78, 5) is 0.197. The van der Waals surface area contributed by atoms with E-state index in [1.807, 2.05) is 72.8 Å². The zero-order valence-corrected chi connectivity index (χ0v) is 26.0. The molecule has 10 heteroatoms. The zero-order valence-electron chi connectivity index (χ0n) is 25.2. The number of aromatic nitrogens is 1. The number of para-hydroxylation sites is 1. The molecule has 1 saturated heterocycles. The number of ether oxygens (including phenoxy) is 4. The molecule has 0 unspecified atom stereocenters. The molecule has 0 radical (unpaired) electrons. The molecule has 1 aliphatic rings. The molecule has 2 heterocycles. The normalized spacial score (nSPS) is 21.8. The fourth-order valence-electron chi connectivity index (χ4n) is 5.68. The number of hydrogen-bond acceptors (Lipinski definition) is 8. The fraction of sp³-hybridized carbons (Fsp3) is 0.278. The van der Waals surface area contributed by atoms with Gasteiger partial charge in [0.15, 0.2) is 6.29 Å². The Kier molecular flexibility index (Phi) is 10.3. The number of hydrogen-bond donors (Lipinski definition) is 2. The molecule has 1 aromatic heterocycles. The minimum atomic E-state index is -3.83. The van der Waals surface area contributed by atoms with Crippen LogP contribution in [0.3, 0.4) is 0 Å². The van der Waals surface area contributed by atoms with Crippen molar-refractivity contribution in [2.75, 3.05) is 13.2 Å². The third-order valence-corrected chi connectivity index (χ3v) is 9.77. The van der Waals surface area contributed by atoms with Gasteiger partial charge in [0.2, 0.25) is 0 Å². The molecule has 240 valence electrons. The summed E-state index contributed by atoms with van der Waals surface area (Å²) in [5, 5.41) is 22.0. The van der Waals surface area contributed by atoms with E-state index >= 15 is 0 Å². The van der Waals surface area contributed by atoms with Crippen LogP contribution in [0.4, 0.5) is 0 Å². The van der Waals surface area contributed by atoms with Gasteiger partial charge in [-0.1, -0.05) is 97.1 Å². The van der Waals surface area contributed by atoms with Crippen LogP contribution in [-0.4, -0.2) is 66.5 Å². The van der Waals surface area contributed by atoms with Gasteiger partial charge >= 0.3 is 0 Å². The fourth-order valence-corrected chi connectivity index (χ4v) is 7.10. The summed E-state index contributed by atoms with van der Waals surface area (Å²) in [7, 11) is -3.83. The Balaban J connectivity index is 1.23. The van der Waals surface area contributed by atoms with E-state index < -0.39 is 47.3 Å². The molecular formula is C36H37NO8S. The highest BCUT2D eigenvalue weighted by atomic mass is 32.2. The molecule has 4 aromatic carbocycles. The molecule has 0 amide bonds. The molecule has 0 aliphatic carbocycles. The van der Waals surface area contributed by atoms with E-state index in [-0.39, 0.29) is 24.7 Å². The quantitative estimate of drug-likeness (QED) is 0.190. The molecule has 2 N–H and O–H groups in total. The lowest BCUT2D eigenvalue weighted by Crippen LogP contribution is -2.61. The van der Waals surface area contributed by atoms with Crippen LogP contribution in [0.1, 0.15) is 16.7 Å². The maximum absolute atomic E-state index is 13.5. The van der Waals surface area contributed by atoms with Crippen molar-refractivity contribution in [3.8, 4) is 0 Å². The summed E-state index contributed by atoms with van der Waals surface area (Å²) >= 11 is 0. The highest BCUT2D eigenvalue weighted by Crippen LogP contribution is 2.30. The van der Waals surface area contributed by atoms with Gasteiger partial charge in [0.1, 0.15) is 24.4 Å². The zero-order chi connectivity index (χ0) is 31.9. The molecule has 0 bridgehead atoms. The summed E-state index contributed by atoms with van der Waals surface area (Å²) < 4.78 is 53.3. The molecule has 5 atom stereocenters. The molecule has 0 saturated carbocycles. The van der Waals surface area contributed by atoms with Gasteiger partial charge in [-0.15, -0.1) is 0 Å². The van der Waals surface area contributed by atoms with Crippen LogP contribution >= 0.6 is 0 Å². The molecule has 1 aliphatic heterocycles. The van der Waals surface area contributed by atoms with Gasteiger partial charge in [-0.3, -0.25) is 0 Å². The van der Waals surface area contributed by atoms with Crippen LogP contribution in [-0.2, 0) is 48.6 Å². The lowest BCUT2D eigenvalue weighted by Gasteiger charge is -2.43. The Hall–Kier alpha value is -3.87. The van der Waals surface area contributed by atoms with Crippen molar-refractivity contribution >= 4 is 20.9 Å². The van der Waals surface area contributed by atoms with Gasteiger partial charge in [0, 0.05) is 11.6 Å². The first kappa shape index (κ1) is 32.1. The highest BCUT2D eigenvalue weighted by Gasteiger charge is 2.47. The van der Waals surface area contributed by atoms with E-state index in [1.54, 1.807) is 48.7 Å². The molecule has 1 fully saturated rings. The van der Waals surface area contributed by atoms with E-state index in [1.165, 1.54) is 3.97 Å². The molecule has 46 heavy (non-hydrogen) atoms. The largest absolute Gasteiger partial charge is 0.394 e. The van der Waals surface area contributed by atoms with E-state index in [0.29, 0.717) is 11.9 Å². The lowest BCUT2D eigenvalue weighted by molar-refractivity contribution is -0.319. The maximum Gasteiger partial charge on any atom is 0.268 e. The molecule has 9 nitrogen and oxygen atoms in total. The maximum atomic E-state index is 13.5. The Morgan fingerprint density at radius 2 is 1.28 bits per heavy atom. The summed E-state index contributed by atoms with van der Waals surface area (Å²) in [5.74, 6) is 0. The Morgan fingerprint density at radius 3 is 1.91 bits per heavy atom. The monoisotopic (exact) mass is 643 g/mol. The van der Waals surface area contributed by atoms with Crippen molar-refractivity contribution in [1.82, 2.24) is 3.97 Å². The van der Waals surface area contributed by atoms with Gasteiger partial charge in [0.05, 0.1) is 36.8 Å². The van der Waals surface area contributed by atoms with Gasteiger partial charge in [0.25, 0.3) is 10.0 Å². The molecule has 5 aromatic rings. The summed E-state index contributed by atoms with van der Waals surface area (Å²) in [5.41, 5.74) is 3.19. The lowest BCUT2D eigenvalue weighted by atomic mass is 9.98. The van der Waals surface area contributed by atoms with E-state index in [0.717, 1.165) is 22.1 Å². The van der Waals surface area contributed by atoms with Crippen LogP contribution in [0.15, 0.2) is 126 Å². The van der Waals surface area contributed by atoms with E-state index in [2.05, 4.69) is 0 Å². The number of fused-ring (bicyclic) bond motifs is 1. The third kappa shape index (κ3) is 7.08. The average molecular weight is 644 g/mol. The number of aliphatic hydroxyl groups is 2. The second-order valence-electron chi connectivity index (χ2n) is 11.1. The Labute approximate surface area is 268 Å². The van der Waals surface area contributed by atoms with Crippen molar-refractivity contribution < 1.29 is 37.6 Å². The number of benzene rings is 4. The summed E-state index contributed by atoms with van der Waals surface area (Å²) in [6, 6.07) is 34.9. The Morgan fingerprint density at radius 1 is 0.717 bits per heavy atom. The van der Waals surface area contributed by atoms with Crippen LogP contribution in [0.2, 0.25) is 0 Å². The van der Waals surface area contributed by atoms with Gasteiger partial charge in [-0.2, -0.15) is 0 Å². The molecular weight excluding hydrogens is 606 g/mol. The average Bonchev–Trinajstić information content (AvgIpc) is 3.48. The second-order valence-corrected chi connectivity index (χ2v) is 13.0. The van der Waals surface area contributed by atoms with Gasteiger partial charge in [-0.25, -0.2) is 12.4 Å². The Bertz CT molecular complexity index is 1800. The highest BCUT2D eigenvalue weighted by molar-refractivity contribution is 7.90. The minimum absolute atomic E-state index is 0.148. The van der Waals surface area contributed by atoms with Crippen molar-refractivity contribution in [2.24, 2.45) is 0 Å². The van der Waals surface area contributed by atoms with E-state index in [9.17, 15) is 18.6 Å². The van der Waals surface area contributed by atoms with Crippen molar-refractivity contribution in [1.29, 1.82) is 0 Å². The second kappa shape index (κ2) is 14.7.